The van der Waals surface area contributed by atoms with Gasteiger partial charge in [0, 0.05) is 17.5 Å². The van der Waals surface area contributed by atoms with Gasteiger partial charge < -0.3 is 5.32 Å². The van der Waals surface area contributed by atoms with Gasteiger partial charge in [-0.1, -0.05) is 12.1 Å². The quantitative estimate of drug-likeness (QED) is 0.775. The summed E-state index contributed by atoms with van der Waals surface area (Å²) in [5.41, 5.74) is 1.39. The fourth-order valence-corrected chi connectivity index (χ4v) is 1.32. The number of hydrogen-bond acceptors (Lipinski definition) is 6. The second kappa shape index (κ2) is 5.23. The number of nitriles is 2. The lowest BCUT2D eigenvalue weighted by Crippen LogP contribution is -1.94. The third kappa shape index (κ3) is 2.31. The summed E-state index contributed by atoms with van der Waals surface area (Å²) in [5.74, 6) is 0.432. The molecule has 0 aliphatic rings. The average molecular weight is 237 g/mol. The standard InChI is InChI=1S/C11H7N7/c12-5-8(6-13)7-14-10-4-2-1-3-9(10)11-15-17-18-16-11/h1-4,7,14H,(H,15,16,17,18). The third-order valence-corrected chi connectivity index (χ3v) is 2.13. The maximum Gasteiger partial charge on any atom is 0.206 e. The Bertz CT molecular complexity index is 627. The number of H-pyrrole nitrogens is 1. The second-order valence-corrected chi connectivity index (χ2v) is 3.21. The molecule has 18 heavy (non-hydrogen) atoms. The fraction of sp³-hybridized carbons (Fsp3) is 0. The van der Waals surface area contributed by atoms with Gasteiger partial charge in [0.15, 0.2) is 0 Å². The van der Waals surface area contributed by atoms with Gasteiger partial charge >= 0.3 is 0 Å². The molecule has 0 bridgehead atoms. The summed E-state index contributed by atoms with van der Waals surface area (Å²) in [7, 11) is 0. The molecule has 1 aromatic heterocycles. The Labute approximate surface area is 102 Å². The van der Waals surface area contributed by atoms with Crippen molar-refractivity contribution in [3.63, 3.8) is 0 Å². The number of nitrogens with one attached hydrogen (secondary N) is 2. The first-order chi connectivity index (χ1) is 8.85. The van der Waals surface area contributed by atoms with E-state index in [1.807, 2.05) is 12.1 Å². The summed E-state index contributed by atoms with van der Waals surface area (Å²) in [6.07, 6.45) is 1.33. The Balaban J connectivity index is 2.33. The van der Waals surface area contributed by atoms with Crippen molar-refractivity contribution in [2.24, 2.45) is 0 Å². The minimum atomic E-state index is -0.0158. The molecule has 2 aromatic rings. The zero-order valence-electron chi connectivity index (χ0n) is 9.12. The molecule has 0 fully saturated rings. The van der Waals surface area contributed by atoms with Gasteiger partial charge in [0.25, 0.3) is 0 Å². The van der Waals surface area contributed by atoms with Crippen molar-refractivity contribution in [2.75, 3.05) is 5.32 Å². The zero-order chi connectivity index (χ0) is 12.8. The lowest BCUT2D eigenvalue weighted by Gasteiger charge is -2.05. The van der Waals surface area contributed by atoms with Crippen LogP contribution in [0.1, 0.15) is 0 Å². The molecule has 0 radical (unpaired) electrons. The molecule has 7 nitrogen and oxygen atoms in total. The first-order valence-corrected chi connectivity index (χ1v) is 4.95. The predicted molar refractivity (Wildman–Crippen MR) is 62.5 cm³/mol. The van der Waals surface area contributed by atoms with Crippen LogP contribution in [0.3, 0.4) is 0 Å². The van der Waals surface area contributed by atoms with Crippen LogP contribution >= 0.6 is 0 Å². The molecule has 0 spiro atoms. The zero-order valence-corrected chi connectivity index (χ0v) is 9.12. The van der Waals surface area contributed by atoms with Crippen molar-refractivity contribution in [1.82, 2.24) is 20.6 Å². The Hall–Kier alpha value is -3.19. The molecule has 0 saturated heterocycles. The monoisotopic (exact) mass is 237 g/mol. The molecule has 0 atom stereocenters. The normalized spacial score (nSPS) is 9.00. The molecule has 1 aromatic carbocycles. The number of hydrogen-bond donors (Lipinski definition) is 2. The number of aromatic amines is 1. The molecule has 86 valence electrons. The van der Waals surface area contributed by atoms with Crippen LogP contribution < -0.4 is 5.32 Å². The van der Waals surface area contributed by atoms with Gasteiger partial charge in [-0.3, -0.25) is 0 Å². The number of para-hydroxylation sites is 1. The van der Waals surface area contributed by atoms with Crippen molar-refractivity contribution in [3.05, 3.63) is 36.0 Å². The Kier molecular flexibility index (Phi) is 3.29. The molecule has 0 amide bonds. The smallest absolute Gasteiger partial charge is 0.206 e. The number of aromatic nitrogens is 4. The molecule has 2 N–H and O–H groups in total. The summed E-state index contributed by atoms with van der Waals surface area (Å²) < 4.78 is 0. The van der Waals surface area contributed by atoms with E-state index in [9.17, 15) is 0 Å². The molecule has 0 aliphatic heterocycles. The molecule has 1 heterocycles. The van der Waals surface area contributed by atoms with E-state index in [2.05, 4.69) is 25.9 Å². The van der Waals surface area contributed by atoms with Crippen LogP contribution in [0.2, 0.25) is 0 Å². The van der Waals surface area contributed by atoms with E-state index >= 15 is 0 Å². The minimum absolute atomic E-state index is 0.0158. The average Bonchev–Trinajstić information content (AvgIpc) is 2.94. The number of tetrazole rings is 1. The van der Waals surface area contributed by atoms with Crippen molar-refractivity contribution in [1.29, 1.82) is 10.5 Å². The van der Waals surface area contributed by atoms with Gasteiger partial charge in [0.05, 0.1) is 0 Å². The summed E-state index contributed by atoms with van der Waals surface area (Å²) in [6, 6.07) is 10.8. The van der Waals surface area contributed by atoms with E-state index in [4.69, 9.17) is 10.5 Å². The molecule has 0 saturated carbocycles. The molecular formula is C11H7N7. The Morgan fingerprint density at radius 1 is 1.28 bits per heavy atom. The van der Waals surface area contributed by atoms with Gasteiger partial charge in [-0.05, 0) is 17.3 Å². The summed E-state index contributed by atoms with van der Waals surface area (Å²) in [4.78, 5) is 0. The number of allylic oxidation sites excluding steroid dienone is 1. The summed E-state index contributed by atoms with van der Waals surface area (Å²) >= 11 is 0. The summed E-state index contributed by atoms with van der Waals surface area (Å²) in [5, 5.41) is 33.7. The van der Waals surface area contributed by atoms with E-state index in [0.717, 1.165) is 5.56 Å². The topological polar surface area (TPSA) is 114 Å². The lowest BCUT2D eigenvalue weighted by atomic mass is 10.1. The second-order valence-electron chi connectivity index (χ2n) is 3.21. The molecule has 0 aliphatic carbocycles. The van der Waals surface area contributed by atoms with Gasteiger partial charge in [0.1, 0.15) is 17.7 Å². The number of nitrogens with zero attached hydrogens (tertiary/aromatic N) is 5. The minimum Gasteiger partial charge on any atom is -0.359 e. The van der Waals surface area contributed by atoms with Gasteiger partial charge in [-0.2, -0.15) is 15.7 Å². The first kappa shape index (κ1) is 11.3. The highest BCUT2D eigenvalue weighted by atomic mass is 15.5. The molecule has 2 rings (SSSR count). The highest BCUT2D eigenvalue weighted by molar-refractivity contribution is 5.73. The SMILES string of the molecule is N#CC(C#N)=CNc1ccccc1-c1nn[nH]n1. The maximum absolute atomic E-state index is 8.64. The molecule has 7 heteroatoms. The van der Waals surface area contributed by atoms with Crippen LogP contribution in [0.25, 0.3) is 11.4 Å². The van der Waals surface area contributed by atoms with Crippen molar-refractivity contribution in [2.45, 2.75) is 0 Å². The van der Waals surface area contributed by atoms with E-state index < -0.39 is 0 Å². The predicted octanol–water partition coefficient (Wildman–Crippen LogP) is 1.21. The van der Waals surface area contributed by atoms with Crippen molar-refractivity contribution < 1.29 is 0 Å². The van der Waals surface area contributed by atoms with Crippen LogP contribution in [0.15, 0.2) is 36.0 Å². The third-order valence-electron chi connectivity index (χ3n) is 2.13. The van der Waals surface area contributed by atoms with Gasteiger partial charge in [-0.25, -0.2) is 0 Å². The lowest BCUT2D eigenvalue weighted by molar-refractivity contribution is 0.881. The van der Waals surface area contributed by atoms with Crippen LogP contribution in [0.5, 0.6) is 0 Å². The Morgan fingerprint density at radius 3 is 2.72 bits per heavy atom. The summed E-state index contributed by atoms with van der Waals surface area (Å²) in [6.45, 7) is 0. The molecular weight excluding hydrogens is 230 g/mol. The largest absolute Gasteiger partial charge is 0.359 e. The van der Waals surface area contributed by atoms with E-state index in [1.54, 1.807) is 24.3 Å². The number of rotatable bonds is 3. The highest BCUT2D eigenvalue weighted by Crippen LogP contribution is 2.23. The van der Waals surface area contributed by atoms with Crippen LogP contribution in [-0.4, -0.2) is 20.6 Å². The van der Waals surface area contributed by atoms with Crippen LogP contribution in [0, 0.1) is 22.7 Å². The van der Waals surface area contributed by atoms with Crippen molar-refractivity contribution in [3.8, 4) is 23.5 Å². The van der Waals surface area contributed by atoms with Crippen molar-refractivity contribution >= 4 is 5.69 Å². The maximum atomic E-state index is 8.64. The fourth-order valence-electron chi connectivity index (χ4n) is 1.32. The van der Waals surface area contributed by atoms with Crippen LogP contribution in [-0.2, 0) is 0 Å². The van der Waals surface area contributed by atoms with Gasteiger partial charge in [0.2, 0.25) is 5.82 Å². The van der Waals surface area contributed by atoms with Gasteiger partial charge in [-0.15, -0.1) is 10.2 Å². The van der Waals surface area contributed by atoms with E-state index in [0.29, 0.717) is 11.5 Å². The number of anilines is 1. The Morgan fingerprint density at radius 2 is 2.06 bits per heavy atom. The van der Waals surface area contributed by atoms with E-state index in [-0.39, 0.29) is 5.57 Å². The highest BCUT2D eigenvalue weighted by Gasteiger charge is 2.07. The first-order valence-electron chi connectivity index (χ1n) is 4.95. The molecule has 0 unspecified atom stereocenters. The van der Waals surface area contributed by atoms with Crippen LogP contribution in [0.4, 0.5) is 5.69 Å². The van der Waals surface area contributed by atoms with E-state index in [1.165, 1.54) is 6.20 Å². The number of benzene rings is 1.